The first kappa shape index (κ1) is 56.3. The van der Waals surface area contributed by atoms with Crippen LogP contribution in [0.4, 0.5) is 43.9 Å². The largest absolute Gasteiger partial charge is 0.258 e. The molecule has 0 radical (unpaired) electrons. The van der Waals surface area contributed by atoms with Crippen LogP contribution in [0.15, 0.2) is 97.1 Å². The molecule has 1 aromatic heterocycles. The van der Waals surface area contributed by atoms with Crippen molar-refractivity contribution in [2.24, 2.45) is 0 Å². The monoisotopic (exact) mass is 1080 g/mol. The second kappa shape index (κ2) is 22.2. The van der Waals surface area contributed by atoms with Crippen LogP contribution in [0.3, 0.4) is 0 Å². The molecule has 0 spiro atoms. The molecule has 0 amide bonds. The smallest absolute Gasteiger partial charge is 0.204 e. The van der Waals surface area contributed by atoms with E-state index >= 15 is 43.9 Å². The second-order valence-corrected chi connectivity index (χ2v) is 25.2. The van der Waals surface area contributed by atoms with Gasteiger partial charge < -0.3 is 0 Å². The Hall–Kier alpha value is -5.89. The minimum Gasteiger partial charge on any atom is -0.204 e. The molecule has 0 aliphatic heterocycles. The van der Waals surface area contributed by atoms with Crippen molar-refractivity contribution in [1.82, 2.24) is 0 Å². The van der Waals surface area contributed by atoms with Crippen molar-refractivity contribution in [3.05, 3.63) is 211 Å². The molecule has 1 unspecified atom stereocenters. The van der Waals surface area contributed by atoms with Gasteiger partial charge in [-0.1, -0.05) is 163 Å². The zero-order valence-corrected chi connectivity index (χ0v) is 46.4. The molecule has 394 valence electrons. The third kappa shape index (κ3) is 10.0. The van der Waals surface area contributed by atoms with Crippen LogP contribution >= 0.6 is 15.5 Å². The maximum Gasteiger partial charge on any atom is 0.258 e. The fourth-order valence-electron chi connectivity index (χ4n) is 11.3. The third-order valence-corrected chi connectivity index (χ3v) is 20.5. The first-order chi connectivity index (χ1) is 35.9. The van der Waals surface area contributed by atoms with Crippen LogP contribution in [-0.2, 0) is 6.42 Å². The van der Waals surface area contributed by atoms with Crippen molar-refractivity contribution in [3.63, 3.8) is 0 Å². The van der Waals surface area contributed by atoms with Crippen LogP contribution in [0, 0.1) is 99.7 Å². The summed E-state index contributed by atoms with van der Waals surface area (Å²) in [5.74, 6) is -25.2. The second-order valence-electron chi connectivity index (χ2n) is 21.0. The molecule has 1 atom stereocenters. The Morgan fingerprint density at radius 2 is 0.763 bits per heavy atom. The number of aryl methyl sites for hydroxylation is 6. The molecule has 0 saturated heterocycles. The van der Waals surface area contributed by atoms with E-state index in [1.165, 1.54) is 0 Å². The summed E-state index contributed by atoms with van der Waals surface area (Å²) in [5.41, 5.74) is 6.10. The highest BCUT2D eigenvalue weighted by atomic mass is 31.1. The highest BCUT2D eigenvalue weighted by Crippen LogP contribution is 2.62. The van der Waals surface area contributed by atoms with Crippen LogP contribution in [0.5, 0.6) is 0 Å². The number of benzene rings is 7. The fourth-order valence-corrected chi connectivity index (χ4v) is 18.1. The first-order valence-corrected chi connectivity index (χ1v) is 28.3. The number of hydrogen-bond donors (Lipinski definition) is 0. The average molecular weight is 1080 g/mol. The summed E-state index contributed by atoms with van der Waals surface area (Å²) in [7, 11) is -3.58. The van der Waals surface area contributed by atoms with E-state index < -0.39 is 91.3 Å². The van der Waals surface area contributed by atoms with Gasteiger partial charge in [0, 0.05) is 26.8 Å². The SMILES string of the molecule is Cc1cc(C)c(P(CCc2c(B(c3c(F)c(F)c(F)c(F)c3F)c3c(F)c(F)c(F)c(F)c3F)c(-c3ccccc3)p(-c3c(C(C)C)cc(C(C)C)cc3C(C)C)c2-c2ccccc2)c2c(C)cc(C)cc2C)c(C)c1. The molecule has 0 saturated carbocycles. The van der Waals surface area contributed by atoms with E-state index in [0.717, 1.165) is 66.0 Å². The summed E-state index contributed by atoms with van der Waals surface area (Å²) in [5, 5.41) is 3.62. The molecule has 76 heavy (non-hydrogen) atoms. The van der Waals surface area contributed by atoms with Crippen molar-refractivity contribution in [1.29, 1.82) is 0 Å². The van der Waals surface area contributed by atoms with E-state index in [1.54, 1.807) is 48.5 Å². The van der Waals surface area contributed by atoms with Crippen molar-refractivity contribution in [2.45, 2.75) is 107 Å². The van der Waals surface area contributed by atoms with E-state index in [0.29, 0.717) is 16.4 Å². The summed E-state index contributed by atoms with van der Waals surface area (Å²) in [6.07, 6.45) is 0.200. The van der Waals surface area contributed by atoms with Gasteiger partial charge in [-0.05, 0) is 146 Å². The van der Waals surface area contributed by atoms with Crippen LogP contribution < -0.4 is 27.0 Å². The molecule has 0 bridgehead atoms. The molecule has 0 aliphatic rings. The Morgan fingerprint density at radius 1 is 0.421 bits per heavy atom. The summed E-state index contributed by atoms with van der Waals surface area (Å²) in [4.78, 5) is 0. The van der Waals surface area contributed by atoms with Gasteiger partial charge in [0.2, 0.25) is 0 Å². The quantitative estimate of drug-likeness (QED) is 0.0335. The van der Waals surface area contributed by atoms with Gasteiger partial charge in [0.25, 0.3) is 6.71 Å². The van der Waals surface area contributed by atoms with Gasteiger partial charge in [-0.2, -0.15) is 0 Å². The van der Waals surface area contributed by atoms with E-state index in [1.807, 2.05) is 81.4 Å². The molecule has 0 fully saturated rings. The van der Waals surface area contributed by atoms with Gasteiger partial charge in [-0.25, -0.2) is 43.9 Å². The van der Waals surface area contributed by atoms with Gasteiger partial charge in [0.05, 0.1) is 0 Å². The Kier molecular flexibility index (Phi) is 16.5. The van der Waals surface area contributed by atoms with Gasteiger partial charge >= 0.3 is 0 Å². The Bertz CT molecular complexity index is 3290. The summed E-state index contributed by atoms with van der Waals surface area (Å²) in [6, 6.07) is 30.0. The van der Waals surface area contributed by atoms with Crippen molar-refractivity contribution in [2.75, 3.05) is 6.16 Å². The van der Waals surface area contributed by atoms with Crippen LogP contribution in [0.2, 0.25) is 0 Å². The zero-order valence-electron chi connectivity index (χ0n) is 44.6. The maximum absolute atomic E-state index is 17.2. The van der Waals surface area contributed by atoms with Crippen LogP contribution in [0.1, 0.15) is 115 Å². The molecule has 0 aliphatic carbocycles. The molecule has 8 aromatic rings. The van der Waals surface area contributed by atoms with E-state index in [4.69, 9.17) is 0 Å². The first-order valence-electron chi connectivity index (χ1n) is 25.4. The van der Waals surface area contributed by atoms with Crippen molar-refractivity contribution < 1.29 is 43.9 Å². The Labute approximate surface area is 442 Å². The van der Waals surface area contributed by atoms with Gasteiger partial charge in [0.1, 0.15) is 0 Å². The van der Waals surface area contributed by atoms with E-state index in [2.05, 4.69) is 50.2 Å². The molecule has 0 N–H and O–H groups in total. The predicted molar refractivity (Wildman–Crippen MR) is 297 cm³/mol. The minimum atomic E-state index is -2.82. The normalized spacial score (nSPS) is 12.1. The average Bonchev–Trinajstić information content (AvgIpc) is 3.71. The maximum atomic E-state index is 17.2. The summed E-state index contributed by atoms with van der Waals surface area (Å²) in [6.45, 7) is 21.5. The molecule has 0 nitrogen and oxygen atoms in total. The third-order valence-electron chi connectivity index (χ3n) is 14.5. The minimum absolute atomic E-state index is 0.0502. The molecule has 8 rings (SSSR count). The molecule has 7 aromatic carbocycles. The van der Waals surface area contributed by atoms with Gasteiger partial charge in [-0.3, -0.25) is 0 Å². The van der Waals surface area contributed by atoms with E-state index in [-0.39, 0.29) is 46.7 Å². The summed E-state index contributed by atoms with van der Waals surface area (Å²) < 4.78 is 164. The Balaban J connectivity index is 1.71. The number of rotatable bonds is 14. The fraction of sp³-hybridized carbons (Fsp3) is 0.270. The number of halogens is 10. The summed E-state index contributed by atoms with van der Waals surface area (Å²) >= 11 is 0. The molecule has 13 heteroatoms. The lowest BCUT2D eigenvalue weighted by Gasteiger charge is -2.28. The predicted octanol–water partition coefficient (Wildman–Crippen LogP) is 16.8. The molecular formula is C63H59BF10P2. The Morgan fingerprint density at radius 3 is 1.11 bits per heavy atom. The van der Waals surface area contributed by atoms with E-state index in [9.17, 15) is 0 Å². The topological polar surface area (TPSA) is 0 Å². The van der Waals surface area contributed by atoms with Crippen molar-refractivity contribution >= 4 is 49.2 Å². The van der Waals surface area contributed by atoms with Gasteiger partial charge in [0.15, 0.2) is 58.2 Å². The lowest BCUT2D eigenvalue weighted by Crippen LogP contribution is -2.59. The number of hydrogen-bond acceptors (Lipinski definition) is 0. The highest BCUT2D eigenvalue weighted by molar-refractivity contribution is 7.73. The van der Waals surface area contributed by atoms with Crippen LogP contribution in [0.25, 0.3) is 27.0 Å². The van der Waals surface area contributed by atoms with Crippen molar-refractivity contribution in [3.8, 4) is 27.0 Å². The lowest BCUT2D eigenvalue weighted by atomic mass is 9.35. The zero-order chi connectivity index (χ0) is 55.5. The van der Waals surface area contributed by atoms with Crippen LogP contribution in [-0.4, -0.2) is 12.9 Å². The standard InChI is InChI=1S/C63H59BF10P2/c1-31(2)42-29-44(32(3)4)63(45(30-42)33(5)6)76-61(40-19-15-13-16-20-40)43(23-24-75(59-36(9)25-34(7)26-37(59)10)60-38(11)27-35(8)28-39(60)12)46(62(76)41-21-17-14-18-22-41)64(47-49(65)53(69)57(73)54(70)50(47)66)48-51(67)55(71)58(74)56(72)52(48)68/h13-22,25-33H,23-24H2,1-12H3. The highest BCUT2D eigenvalue weighted by Gasteiger charge is 2.45. The van der Waals surface area contributed by atoms with Gasteiger partial charge in [-0.15, -0.1) is 0 Å². The lowest BCUT2D eigenvalue weighted by molar-refractivity contribution is 0.382. The molecule has 1 heterocycles. The molecular weight excluding hydrogens is 1020 g/mol.